The molecule has 18 heteroatoms. The molecular weight excluding hydrogens is 1070 g/mol. The van der Waals surface area contributed by atoms with E-state index >= 15 is 0 Å². The maximum atomic E-state index is 12.9. The number of ether oxygens (including phenoxy) is 3. The Morgan fingerprint density at radius 2 is 0.617 bits per heavy atom. The van der Waals surface area contributed by atoms with Gasteiger partial charge in [-0.3, -0.25) is 32.5 Å². The van der Waals surface area contributed by atoms with Crippen molar-refractivity contribution in [2.24, 2.45) is 0 Å². The minimum atomic E-state index is -4.92. The van der Waals surface area contributed by atoms with E-state index in [1.807, 2.05) is 0 Å². The molecule has 0 radical (unpaired) electrons. The zero-order valence-electron chi connectivity index (χ0n) is 51.0. The Morgan fingerprint density at radius 3 is 0.988 bits per heavy atom. The van der Waals surface area contributed by atoms with Crippen LogP contribution in [0.15, 0.2) is 48.6 Å². The van der Waals surface area contributed by atoms with E-state index in [-0.39, 0.29) is 19.3 Å². The van der Waals surface area contributed by atoms with Crippen molar-refractivity contribution in [2.75, 3.05) is 39.6 Å². The Hall–Kier alpha value is -2.49. The van der Waals surface area contributed by atoms with Crippen LogP contribution in [-0.2, 0) is 55.8 Å². The summed E-state index contributed by atoms with van der Waals surface area (Å²) in [7, 11) is -9.76. The number of rotatable bonds is 61. The molecule has 0 fully saturated rings. The number of carbonyl (C=O) groups is 3. The lowest BCUT2D eigenvalue weighted by Crippen LogP contribution is -2.30. The Kier molecular flexibility index (Phi) is 56.1. The quantitative estimate of drug-likeness (QED) is 0.0146. The van der Waals surface area contributed by atoms with Crippen LogP contribution in [0.25, 0.3) is 0 Å². The van der Waals surface area contributed by atoms with Crippen LogP contribution >= 0.6 is 15.6 Å². The standard InChI is InChI=1S/C63H116O16P2/c1-4-7-10-13-16-19-22-25-28-31-34-37-40-43-46-49-61(66)73-52-58(64)53-75-80(69,70)76-54-59(65)55-77-81(71,72)78-57-60(79-63(68)51-48-45-42-39-36-33-30-27-24-21-18-15-12-9-6-3)56-74-62(67)50-47-44-41-38-35-32-29-26-23-20-17-14-11-8-5-2/h16-17,19-20,25-26,28-29,58-60,64-65H,4-15,18,21-24,27,30-57H2,1-3H3,(H,69,70)(H,71,72)/b19-16-,20-17-,28-25-,29-26-. The fourth-order valence-electron chi connectivity index (χ4n) is 8.57. The molecule has 0 rings (SSSR count). The SMILES string of the molecule is CCCCC/C=C\C/C=C\CCCCCCCC(=O)OCC(O)COP(=O)(O)OCC(O)COP(=O)(O)OCC(COC(=O)CCCCCCC/C=C\C/C=C\CCCCC)OC(=O)CCCCCCCCCCCCCCCCC. The van der Waals surface area contributed by atoms with Crippen molar-refractivity contribution in [3.8, 4) is 0 Å². The van der Waals surface area contributed by atoms with Crippen LogP contribution in [0.5, 0.6) is 0 Å². The molecule has 5 atom stereocenters. The van der Waals surface area contributed by atoms with Crippen LogP contribution in [-0.4, -0.2) is 95.9 Å². The number of aliphatic hydroxyl groups is 2. The lowest BCUT2D eigenvalue weighted by Gasteiger charge is -2.21. The van der Waals surface area contributed by atoms with Gasteiger partial charge >= 0.3 is 33.6 Å². The van der Waals surface area contributed by atoms with E-state index in [2.05, 4.69) is 69.4 Å². The second-order valence-corrected chi connectivity index (χ2v) is 24.5. The molecule has 0 aliphatic heterocycles. The zero-order chi connectivity index (χ0) is 59.6. The van der Waals surface area contributed by atoms with Crippen LogP contribution in [0.1, 0.15) is 278 Å². The molecule has 0 aliphatic carbocycles. The highest BCUT2D eigenvalue weighted by atomic mass is 31.2. The number of aliphatic hydroxyl groups excluding tert-OH is 2. The lowest BCUT2D eigenvalue weighted by molar-refractivity contribution is -0.161. The third-order valence-corrected chi connectivity index (χ3v) is 15.4. The van der Waals surface area contributed by atoms with Crippen molar-refractivity contribution < 1.29 is 75.8 Å². The van der Waals surface area contributed by atoms with E-state index in [9.17, 15) is 43.5 Å². The molecule has 5 unspecified atom stereocenters. The van der Waals surface area contributed by atoms with Gasteiger partial charge in [-0.15, -0.1) is 0 Å². The topological polar surface area (TPSA) is 231 Å². The predicted octanol–water partition coefficient (Wildman–Crippen LogP) is 16.9. The summed E-state index contributed by atoms with van der Waals surface area (Å²) in [6.45, 7) is 2.60. The number of allylic oxidation sites excluding steroid dienone is 8. The fraction of sp³-hybridized carbons (Fsp3) is 0.825. The first-order valence-electron chi connectivity index (χ1n) is 31.9. The average molecular weight is 1190 g/mol. The maximum absolute atomic E-state index is 12.9. The molecule has 0 saturated heterocycles. The Morgan fingerprint density at radius 1 is 0.346 bits per heavy atom. The molecule has 0 saturated carbocycles. The van der Waals surface area contributed by atoms with Crippen LogP contribution in [0, 0.1) is 0 Å². The summed E-state index contributed by atoms with van der Waals surface area (Å²) in [4.78, 5) is 58.2. The van der Waals surface area contributed by atoms with Crippen molar-refractivity contribution in [3.05, 3.63) is 48.6 Å². The molecule has 0 aromatic rings. The summed E-state index contributed by atoms with van der Waals surface area (Å²) in [5.74, 6) is -1.59. The van der Waals surface area contributed by atoms with Gasteiger partial charge in [-0.05, 0) is 83.5 Å². The molecule has 0 heterocycles. The third-order valence-electron chi connectivity index (χ3n) is 13.5. The van der Waals surface area contributed by atoms with Crippen molar-refractivity contribution in [1.29, 1.82) is 0 Å². The van der Waals surface area contributed by atoms with Crippen molar-refractivity contribution in [3.63, 3.8) is 0 Å². The van der Waals surface area contributed by atoms with Gasteiger partial charge in [-0.2, -0.15) is 0 Å². The van der Waals surface area contributed by atoms with Gasteiger partial charge in [0.2, 0.25) is 0 Å². The summed E-state index contributed by atoms with van der Waals surface area (Å²) in [6.07, 6.45) is 54.5. The smallest absolute Gasteiger partial charge is 0.463 e. The average Bonchev–Trinajstić information content (AvgIpc) is 3.45. The molecule has 474 valence electrons. The van der Waals surface area contributed by atoms with Crippen molar-refractivity contribution in [1.82, 2.24) is 0 Å². The molecule has 0 bridgehead atoms. The van der Waals surface area contributed by atoms with E-state index in [0.717, 1.165) is 116 Å². The van der Waals surface area contributed by atoms with Gasteiger partial charge in [0, 0.05) is 19.3 Å². The van der Waals surface area contributed by atoms with Gasteiger partial charge in [0.25, 0.3) is 0 Å². The zero-order valence-corrected chi connectivity index (χ0v) is 52.7. The molecule has 0 spiro atoms. The highest BCUT2D eigenvalue weighted by Gasteiger charge is 2.29. The normalized spacial score (nSPS) is 14.7. The number of unbranched alkanes of at least 4 members (excludes halogenated alkanes) is 30. The molecule has 0 aromatic carbocycles. The van der Waals surface area contributed by atoms with Gasteiger partial charge in [-0.1, -0.05) is 223 Å². The number of hydrogen-bond acceptors (Lipinski definition) is 14. The second kappa shape index (κ2) is 57.9. The van der Waals surface area contributed by atoms with E-state index < -0.39 is 91.5 Å². The molecule has 0 amide bonds. The summed E-state index contributed by atoms with van der Waals surface area (Å²) in [5.41, 5.74) is 0. The highest BCUT2D eigenvalue weighted by Crippen LogP contribution is 2.45. The Bertz CT molecular complexity index is 1690. The monoisotopic (exact) mass is 1190 g/mol. The molecule has 16 nitrogen and oxygen atoms in total. The molecule has 4 N–H and O–H groups in total. The van der Waals surface area contributed by atoms with E-state index in [0.29, 0.717) is 19.3 Å². The number of carbonyl (C=O) groups excluding carboxylic acids is 3. The van der Waals surface area contributed by atoms with Crippen LogP contribution < -0.4 is 0 Å². The highest BCUT2D eigenvalue weighted by molar-refractivity contribution is 7.47. The van der Waals surface area contributed by atoms with E-state index in [1.54, 1.807) is 0 Å². The van der Waals surface area contributed by atoms with E-state index in [1.165, 1.54) is 103 Å². The van der Waals surface area contributed by atoms with Crippen LogP contribution in [0.3, 0.4) is 0 Å². The first-order valence-corrected chi connectivity index (χ1v) is 34.9. The molecular formula is C63H116O16P2. The van der Waals surface area contributed by atoms with Gasteiger partial charge in [0.1, 0.15) is 25.4 Å². The van der Waals surface area contributed by atoms with Crippen LogP contribution in [0.4, 0.5) is 0 Å². The van der Waals surface area contributed by atoms with Crippen molar-refractivity contribution >= 4 is 33.6 Å². The summed E-state index contributed by atoms with van der Waals surface area (Å²) in [6, 6.07) is 0. The number of hydrogen-bond donors (Lipinski definition) is 4. The molecule has 81 heavy (non-hydrogen) atoms. The Balaban J connectivity index is 4.71. The fourth-order valence-corrected chi connectivity index (χ4v) is 10.2. The van der Waals surface area contributed by atoms with Gasteiger partial charge in [-0.25, -0.2) is 9.13 Å². The van der Waals surface area contributed by atoms with E-state index in [4.69, 9.17) is 32.3 Å². The molecule has 0 aromatic heterocycles. The van der Waals surface area contributed by atoms with Crippen LogP contribution in [0.2, 0.25) is 0 Å². The summed E-state index contributed by atoms with van der Waals surface area (Å²) < 4.78 is 60.7. The van der Waals surface area contributed by atoms with Gasteiger partial charge < -0.3 is 34.2 Å². The third kappa shape index (κ3) is 59.1. The summed E-state index contributed by atoms with van der Waals surface area (Å²) in [5, 5.41) is 20.5. The number of phosphoric ester groups is 2. The number of phosphoric acid groups is 2. The first-order chi connectivity index (χ1) is 39.2. The largest absolute Gasteiger partial charge is 0.472 e. The predicted molar refractivity (Wildman–Crippen MR) is 326 cm³/mol. The minimum absolute atomic E-state index is 0.107. The maximum Gasteiger partial charge on any atom is 0.472 e. The number of esters is 3. The lowest BCUT2D eigenvalue weighted by atomic mass is 10.0. The summed E-state index contributed by atoms with van der Waals surface area (Å²) >= 11 is 0. The first kappa shape index (κ1) is 78.5. The molecule has 0 aliphatic rings. The van der Waals surface area contributed by atoms with Crippen molar-refractivity contribution in [2.45, 2.75) is 296 Å². The minimum Gasteiger partial charge on any atom is -0.463 e. The second-order valence-electron chi connectivity index (χ2n) is 21.6. The Labute approximate surface area is 491 Å². The van der Waals surface area contributed by atoms with Gasteiger partial charge in [0.05, 0.1) is 26.4 Å². The van der Waals surface area contributed by atoms with Gasteiger partial charge in [0.15, 0.2) is 6.10 Å².